The van der Waals surface area contributed by atoms with E-state index in [1.165, 1.54) is 11.1 Å². The third kappa shape index (κ3) is 10.5. The summed E-state index contributed by atoms with van der Waals surface area (Å²) in [5.74, 6) is -2.43. The Bertz CT molecular complexity index is 1210. The summed E-state index contributed by atoms with van der Waals surface area (Å²) < 4.78 is 80.6. The number of esters is 1. The Morgan fingerprint density at radius 2 is 1.65 bits per heavy atom. The van der Waals surface area contributed by atoms with Gasteiger partial charge in [0.15, 0.2) is 0 Å². The van der Waals surface area contributed by atoms with E-state index in [9.17, 15) is 36.4 Å². The summed E-state index contributed by atoms with van der Waals surface area (Å²) in [6.45, 7) is 6.09. The van der Waals surface area contributed by atoms with E-state index in [2.05, 4.69) is 13.0 Å². The van der Waals surface area contributed by atoms with E-state index in [4.69, 9.17) is 10.5 Å². The number of benzene rings is 1. The topological polar surface area (TPSA) is 95.6 Å². The molecule has 4 rings (SSSR count). The number of hydrogen-bond donors (Lipinski definition) is 2. The van der Waals surface area contributed by atoms with Gasteiger partial charge >= 0.3 is 18.1 Å². The SMILES string of the molecule is CC(C)C(N)C(=O)Oc1ccc2c(c1)C[C@@H](CCCCCCCCC[S+]([O-])CCCC(F)(F)C(F)(F)F)[C@@H]1[C@@H]2CC[C@]2(C)[C@@H](O)CC[C@@H]12.Cl. The van der Waals surface area contributed by atoms with Crippen LogP contribution in [-0.2, 0) is 22.4 Å². The third-order valence-corrected chi connectivity index (χ3v) is 13.2. The van der Waals surface area contributed by atoms with Crippen molar-refractivity contribution in [3.63, 3.8) is 0 Å². The van der Waals surface area contributed by atoms with Crippen LogP contribution in [0.5, 0.6) is 5.75 Å². The van der Waals surface area contributed by atoms with Crippen LogP contribution >= 0.6 is 12.4 Å². The van der Waals surface area contributed by atoms with Crippen molar-refractivity contribution in [3.05, 3.63) is 29.3 Å². The molecule has 0 aromatic heterocycles. The van der Waals surface area contributed by atoms with E-state index in [1.807, 2.05) is 26.0 Å². The van der Waals surface area contributed by atoms with Crippen LogP contribution in [0, 0.1) is 29.1 Å². The molecule has 1 aromatic carbocycles. The molecular weight excluding hydrogens is 685 g/mol. The molecule has 2 unspecified atom stereocenters. The van der Waals surface area contributed by atoms with Crippen molar-refractivity contribution in [2.75, 3.05) is 11.5 Å². The maximum Gasteiger partial charge on any atom is 0.453 e. The minimum Gasteiger partial charge on any atom is -0.616 e. The maximum absolute atomic E-state index is 13.0. The smallest absolute Gasteiger partial charge is 0.453 e. The van der Waals surface area contributed by atoms with Crippen molar-refractivity contribution < 1.29 is 41.1 Å². The fourth-order valence-electron chi connectivity index (χ4n) is 8.79. The highest BCUT2D eigenvalue weighted by atomic mass is 35.5. The van der Waals surface area contributed by atoms with Crippen LogP contribution in [0.25, 0.3) is 0 Å². The normalized spacial score (nSPS) is 27.9. The van der Waals surface area contributed by atoms with Gasteiger partial charge in [-0.1, -0.05) is 70.1 Å². The lowest BCUT2D eigenvalue weighted by Crippen LogP contribution is -2.47. The van der Waals surface area contributed by atoms with Gasteiger partial charge in [-0.05, 0) is 116 Å². The fraction of sp³-hybridized carbons (Fsp3) is 0.811. The molecular formula is C37H57ClF5NO4S. The van der Waals surface area contributed by atoms with E-state index < -0.39 is 48.1 Å². The highest BCUT2D eigenvalue weighted by Gasteiger charge is 2.57. The number of halogens is 6. The molecule has 0 bridgehead atoms. The van der Waals surface area contributed by atoms with Gasteiger partial charge in [0.05, 0.1) is 6.10 Å². The molecule has 2 saturated carbocycles. The van der Waals surface area contributed by atoms with Crippen molar-refractivity contribution in [3.8, 4) is 5.75 Å². The second kappa shape index (κ2) is 18.1. The Hall–Kier alpha value is -1.14. The Balaban J connectivity index is 0.00000650. The second-order valence-corrected chi connectivity index (χ2v) is 17.1. The number of alkyl halides is 5. The number of nitrogens with two attached hydrogens (primary N) is 1. The third-order valence-electron chi connectivity index (χ3n) is 11.8. The lowest BCUT2D eigenvalue weighted by Gasteiger charge is -2.53. The van der Waals surface area contributed by atoms with E-state index in [1.54, 1.807) is 0 Å². The number of hydrogen-bond acceptors (Lipinski definition) is 5. The predicted octanol–water partition coefficient (Wildman–Crippen LogP) is 9.29. The summed E-state index contributed by atoms with van der Waals surface area (Å²) in [5, 5.41) is 11.0. The van der Waals surface area contributed by atoms with Crippen LogP contribution in [0.4, 0.5) is 22.0 Å². The largest absolute Gasteiger partial charge is 0.616 e. The second-order valence-electron chi connectivity index (χ2n) is 15.4. The van der Waals surface area contributed by atoms with Crippen LogP contribution in [0.3, 0.4) is 0 Å². The van der Waals surface area contributed by atoms with Gasteiger partial charge in [0.2, 0.25) is 0 Å². The van der Waals surface area contributed by atoms with Crippen LogP contribution in [-0.4, -0.2) is 51.4 Å². The highest BCUT2D eigenvalue weighted by Crippen LogP contribution is 2.62. The number of fused-ring (bicyclic) bond motifs is 5. The maximum atomic E-state index is 13.0. The first-order valence-electron chi connectivity index (χ1n) is 18.1. The van der Waals surface area contributed by atoms with Gasteiger partial charge in [-0.15, -0.1) is 12.4 Å². The molecule has 3 N–H and O–H groups in total. The van der Waals surface area contributed by atoms with Gasteiger partial charge in [0.25, 0.3) is 0 Å². The quantitative estimate of drug-likeness (QED) is 0.0546. The number of aliphatic hydroxyl groups excluding tert-OH is 1. The van der Waals surface area contributed by atoms with Crippen molar-refractivity contribution in [2.24, 2.45) is 34.8 Å². The Kier molecular flexibility index (Phi) is 15.6. The number of aliphatic hydroxyl groups is 1. The van der Waals surface area contributed by atoms with E-state index in [-0.39, 0.29) is 35.6 Å². The summed E-state index contributed by atoms with van der Waals surface area (Å²) in [5.41, 5.74) is 8.64. The number of carbonyl (C=O) groups is 1. The molecule has 12 heteroatoms. The minimum absolute atomic E-state index is 0. The molecule has 5 nitrogen and oxygen atoms in total. The summed E-state index contributed by atoms with van der Waals surface area (Å²) in [6.07, 6.45) is 5.41. The Morgan fingerprint density at radius 1 is 1.02 bits per heavy atom. The standard InChI is InChI=1S/C37H56F5NO4S.ClH/c1-24(2)33(43)34(45)47-27-13-14-28-26(23-27)22-25(32-29(28)17-19-35(3)30(32)15-16-31(35)44)12-9-7-5-4-6-8-10-20-48(46)21-11-18-36(38,39)37(40,41)42;/h13-14,23-25,29-33,44H,4-12,15-22,43H2,1-3H3;1H/t25-,29-,30+,31+,32-,33?,35+,48?;/m1./s1. The molecule has 282 valence electrons. The van der Waals surface area contributed by atoms with E-state index >= 15 is 0 Å². The van der Waals surface area contributed by atoms with Crippen molar-refractivity contribution in [1.29, 1.82) is 0 Å². The first kappa shape index (κ1) is 42.3. The van der Waals surface area contributed by atoms with Crippen LogP contribution in [0.2, 0.25) is 0 Å². The van der Waals surface area contributed by atoms with E-state index in [0.29, 0.717) is 41.6 Å². The molecule has 0 saturated heterocycles. The first-order chi connectivity index (χ1) is 22.5. The van der Waals surface area contributed by atoms with Gasteiger partial charge in [-0.2, -0.15) is 22.0 Å². The zero-order chi connectivity index (χ0) is 35.3. The van der Waals surface area contributed by atoms with Gasteiger partial charge < -0.3 is 20.1 Å². The van der Waals surface area contributed by atoms with Gasteiger partial charge in [-0.3, -0.25) is 0 Å². The van der Waals surface area contributed by atoms with Crippen LogP contribution in [0.1, 0.15) is 128 Å². The van der Waals surface area contributed by atoms with E-state index in [0.717, 1.165) is 77.0 Å². The molecule has 1 aromatic rings. The van der Waals surface area contributed by atoms with Crippen molar-refractivity contribution in [1.82, 2.24) is 0 Å². The molecule has 3 aliphatic rings. The first-order valence-corrected chi connectivity index (χ1v) is 19.6. The molecule has 0 aliphatic heterocycles. The summed E-state index contributed by atoms with van der Waals surface area (Å²) in [4.78, 5) is 12.6. The summed E-state index contributed by atoms with van der Waals surface area (Å²) >= 11 is -1.38. The van der Waals surface area contributed by atoms with Gasteiger partial charge in [-0.25, -0.2) is 4.79 Å². The van der Waals surface area contributed by atoms with Crippen molar-refractivity contribution >= 4 is 29.6 Å². The molecule has 49 heavy (non-hydrogen) atoms. The minimum atomic E-state index is -5.56. The number of rotatable bonds is 17. The fourth-order valence-corrected chi connectivity index (χ4v) is 9.99. The summed E-state index contributed by atoms with van der Waals surface area (Å²) in [6, 6.07) is 5.44. The summed E-state index contributed by atoms with van der Waals surface area (Å²) in [7, 11) is 0. The lowest BCUT2D eigenvalue weighted by atomic mass is 9.52. The lowest BCUT2D eigenvalue weighted by molar-refractivity contribution is -0.284. The van der Waals surface area contributed by atoms with Crippen LogP contribution in [0.15, 0.2) is 18.2 Å². The van der Waals surface area contributed by atoms with Gasteiger partial charge in [0, 0.05) is 6.42 Å². The molecule has 2 fully saturated rings. The van der Waals surface area contributed by atoms with Crippen LogP contribution < -0.4 is 10.5 Å². The Labute approximate surface area is 298 Å². The zero-order valence-corrected chi connectivity index (χ0v) is 30.9. The molecule has 0 spiro atoms. The predicted molar refractivity (Wildman–Crippen MR) is 187 cm³/mol. The monoisotopic (exact) mass is 741 g/mol. The molecule has 0 heterocycles. The molecule has 0 radical (unpaired) electrons. The van der Waals surface area contributed by atoms with Gasteiger partial charge in [0.1, 0.15) is 23.3 Å². The average Bonchev–Trinajstić information content (AvgIpc) is 3.32. The number of ether oxygens (including phenoxy) is 1. The number of unbranched alkanes of at least 4 members (excludes halogenated alkanes) is 6. The molecule has 0 amide bonds. The average molecular weight is 742 g/mol. The Morgan fingerprint density at radius 3 is 2.31 bits per heavy atom. The van der Waals surface area contributed by atoms with Crippen molar-refractivity contribution in [2.45, 2.75) is 147 Å². The highest BCUT2D eigenvalue weighted by molar-refractivity contribution is 7.91. The number of carbonyl (C=O) groups excluding carboxylic acids is 1. The molecule has 8 atom stereocenters. The molecule has 3 aliphatic carbocycles. The zero-order valence-electron chi connectivity index (χ0n) is 29.2.